The van der Waals surface area contributed by atoms with Gasteiger partial charge in [-0.1, -0.05) is 20.8 Å². The molecule has 0 radical (unpaired) electrons. The lowest BCUT2D eigenvalue weighted by molar-refractivity contribution is 0.0909. The molecule has 1 saturated heterocycles. The highest BCUT2D eigenvalue weighted by molar-refractivity contribution is 6.00. The molecule has 7 nitrogen and oxygen atoms in total. The van der Waals surface area contributed by atoms with Crippen molar-refractivity contribution < 1.29 is 18.7 Å². The lowest BCUT2D eigenvalue weighted by Crippen LogP contribution is -2.28. The Bertz CT molecular complexity index is 1020. The summed E-state index contributed by atoms with van der Waals surface area (Å²) in [7, 11) is 0. The zero-order valence-corrected chi connectivity index (χ0v) is 17.5. The largest absolute Gasteiger partial charge is 0.379 e. The van der Waals surface area contributed by atoms with Crippen LogP contribution >= 0.6 is 0 Å². The van der Waals surface area contributed by atoms with Crippen LogP contribution in [-0.2, 0) is 17.6 Å². The number of amides is 1. The first-order valence-corrected chi connectivity index (χ1v) is 10.3. The molecule has 1 aliphatic heterocycles. The first kappa shape index (κ1) is 20.5. The molecule has 160 valence electrons. The molecule has 1 unspecified atom stereocenters. The predicted molar refractivity (Wildman–Crippen MR) is 111 cm³/mol. The van der Waals surface area contributed by atoms with E-state index in [1.165, 1.54) is 4.68 Å². The highest BCUT2D eigenvalue weighted by Crippen LogP contribution is 2.38. The minimum absolute atomic E-state index is 0.0136. The van der Waals surface area contributed by atoms with Gasteiger partial charge in [-0.2, -0.15) is 5.10 Å². The molecule has 0 spiro atoms. The molecule has 30 heavy (non-hydrogen) atoms. The molecule has 2 aromatic rings. The number of hydrogen-bond donors (Lipinski definition) is 2. The second kappa shape index (κ2) is 7.50. The maximum absolute atomic E-state index is 15.2. The fourth-order valence-corrected chi connectivity index (χ4v) is 4.39. The lowest BCUT2D eigenvalue weighted by Gasteiger charge is -2.29. The average Bonchev–Trinajstić information content (AvgIpc) is 3.29. The van der Waals surface area contributed by atoms with Crippen molar-refractivity contribution in [1.82, 2.24) is 9.78 Å². The molecule has 2 aliphatic rings. The Balaban J connectivity index is 1.86. The van der Waals surface area contributed by atoms with Gasteiger partial charge in [0, 0.05) is 18.7 Å². The van der Waals surface area contributed by atoms with E-state index in [2.05, 4.69) is 10.4 Å². The number of rotatable bonds is 5. The molecular formula is C22H27FN4O3. The van der Waals surface area contributed by atoms with Crippen LogP contribution in [0.4, 0.5) is 10.1 Å². The van der Waals surface area contributed by atoms with Crippen molar-refractivity contribution in [2.75, 3.05) is 18.5 Å². The quantitative estimate of drug-likeness (QED) is 0.784. The number of halogens is 1. The van der Waals surface area contributed by atoms with E-state index in [1.807, 2.05) is 20.8 Å². The van der Waals surface area contributed by atoms with Crippen LogP contribution in [0.5, 0.6) is 0 Å². The minimum atomic E-state index is -0.713. The first-order chi connectivity index (χ1) is 14.2. The van der Waals surface area contributed by atoms with Crippen molar-refractivity contribution in [1.29, 1.82) is 0 Å². The number of ketones is 1. The SMILES string of the molecule is CCc1nn(-c2cc(NC3CCOC3)c(C(N)=O)cc2F)c2c1C(=O)CC(C)(C)C2. The number of benzene rings is 1. The van der Waals surface area contributed by atoms with Crippen LogP contribution in [-0.4, -0.2) is 40.7 Å². The molecule has 0 bridgehead atoms. The van der Waals surface area contributed by atoms with Crippen LogP contribution in [0, 0.1) is 11.2 Å². The van der Waals surface area contributed by atoms with E-state index in [4.69, 9.17) is 10.5 Å². The lowest BCUT2D eigenvalue weighted by atomic mass is 9.75. The number of aryl methyl sites for hydroxylation is 1. The monoisotopic (exact) mass is 414 g/mol. The number of nitrogens with two attached hydrogens (primary N) is 1. The van der Waals surface area contributed by atoms with Crippen LogP contribution in [0.3, 0.4) is 0 Å². The van der Waals surface area contributed by atoms with Gasteiger partial charge in [-0.05, 0) is 36.8 Å². The van der Waals surface area contributed by atoms with Crippen molar-refractivity contribution >= 4 is 17.4 Å². The molecule has 1 fully saturated rings. The highest BCUT2D eigenvalue weighted by atomic mass is 19.1. The fourth-order valence-electron chi connectivity index (χ4n) is 4.39. The van der Waals surface area contributed by atoms with E-state index in [0.717, 1.165) is 12.5 Å². The van der Waals surface area contributed by atoms with E-state index >= 15 is 4.39 Å². The molecule has 1 aromatic carbocycles. The first-order valence-electron chi connectivity index (χ1n) is 10.3. The van der Waals surface area contributed by atoms with Gasteiger partial charge < -0.3 is 15.8 Å². The van der Waals surface area contributed by atoms with Crippen LogP contribution in [0.25, 0.3) is 5.69 Å². The van der Waals surface area contributed by atoms with Gasteiger partial charge in [0.25, 0.3) is 5.91 Å². The molecule has 1 atom stereocenters. The number of carbonyl (C=O) groups is 2. The van der Waals surface area contributed by atoms with Crippen LogP contribution in [0.2, 0.25) is 0 Å². The van der Waals surface area contributed by atoms with Crippen molar-refractivity contribution in [3.63, 3.8) is 0 Å². The van der Waals surface area contributed by atoms with Gasteiger partial charge in [0.05, 0.1) is 35.2 Å². The van der Waals surface area contributed by atoms with Crippen LogP contribution in [0.1, 0.15) is 65.7 Å². The summed E-state index contributed by atoms with van der Waals surface area (Å²) in [6.07, 6.45) is 2.41. The van der Waals surface area contributed by atoms with Gasteiger partial charge in [0.1, 0.15) is 11.5 Å². The highest BCUT2D eigenvalue weighted by Gasteiger charge is 2.37. The zero-order chi connectivity index (χ0) is 21.6. The third kappa shape index (κ3) is 3.60. The van der Waals surface area contributed by atoms with Gasteiger partial charge >= 0.3 is 0 Å². The maximum atomic E-state index is 15.2. The molecule has 3 N–H and O–H groups in total. The normalized spacial score (nSPS) is 20.3. The summed E-state index contributed by atoms with van der Waals surface area (Å²) in [5.74, 6) is -1.28. The number of primary amides is 1. The third-order valence-corrected chi connectivity index (χ3v) is 5.82. The number of Topliss-reactive ketones (excluding diaryl/α,β-unsaturated/α-hetero) is 1. The number of fused-ring (bicyclic) bond motifs is 1. The number of nitrogens with one attached hydrogen (secondary N) is 1. The second-order valence-electron chi connectivity index (χ2n) is 8.89. The molecule has 2 heterocycles. The molecule has 1 aromatic heterocycles. The number of nitrogens with zero attached hydrogens (tertiary/aromatic N) is 2. The average molecular weight is 414 g/mol. The van der Waals surface area contributed by atoms with Crippen LogP contribution in [0.15, 0.2) is 12.1 Å². The summed E-state index contributed by atoms with van der Waals surface area (Å²) in [6.45, 7) is 7.11. The van der Waals surface area contributed by atoms with Gasteiger partial charge in [-0.15, -0.1) is 0 Å². The summed E-state index contributed by atoms with van der Waals surface area (Å²) in [5, 5.41) is 7.85. The smallest absolute Gasteiger partial charge is 0.250 e. The summed E-state index contributed by atoms with van der Waals surface area (Å²) >= 11 is 0. The molecule has 1 aliphatic carbocycles. The minimum Gasteiger partial charge on any atom is -0.379 e. The van der Waals surface area contributed by atoms with E-state index in [0.29, 0.717) is 55.1 Å². The molecule has 1 amide bonds. The van der Waals surface area contributed by atoms with Crippen LogP contribution < -0.4 is 11.1 Å². The van der Waals surface area contributed by atoms with Gasteiger partial charge in [-0.3, -0.25) is 9.59 Å². The Kier molecular flexibility index (Phi) is 5.13. The summed E-state index contributed by atoms with van der Waals surface area (Å²) in [6, 6.07) is 2.72. The third-order valence-electron chi connectivity index (χ3n) is 5.82. The fraction of sp³-hybridized carbons (Fsp3) is 0.500. The second-order valence-corrected chi connectivity index (χ2v) is 8.89. The Labute approximate surface area is 174 Å². The zero-order valence-electron chi connectivity index (χ0n) is 17.5. The Hall–Kier alpha value is -2.74. The number of carbonyl (C=O) groups excluding carboxylic acids is 2. The summed E-state index contributed by atoms with van der Waals surface area (Å²) in [5.41, 5.74) is 7.97. The summed E-state index contributed by atoms with van der Waals surface area (Å²) in [4.78, 5) is 24.7. The Morgan fingerprint density at radius 3 is 2.80 bits per heavy atom. The number of aromatic nitrogens is 2. The van der Waals surface area contributed by atoms with E-state index in [9.17, 15) is 9.59 Å². The topological polar surface area (TPSA) is 99.2 Å². The van der Waals surface area contributed by atoms with E-state index in [1.54, 1.807) is 6.07 Å². The van der Waals surface area contributed by atoms with E-state index in [-0.39, 0.29) is 28.5 Å². The molecular weight excluding hydrogens is 387 g/mol. The number of ether oxygens (including phenoxy) is 1. The Morgan fingerprint density at radius 1 is 1.40 bits per heavy atom. The number of hydrogen-bond acceptors (Lipinski definition) is 5. The van der Waals surface area contributed by atoms with Gasteiger partial charge in [0.2, 0.25) is 0 Å². The summed E-state index contributed by atoms with van der Waals surface area (Å²) < 4.78 is 22.1. The Morgan fingerprint density at radius 2 is 2.17 bits per heavy atom. The predicted octanol–water partition coefficient (Wildman–Crippen LogP) is 3.03. The van der Waals surface area contributed by atoms with Crippen molar-refractivity contribution in [2.45, 2.75) is 52.5 Å². The van der Waals surface area contributed by atoms with Crippen molar-refractivity contribution in [2.24, 2.45) is 11.1 Å². The van der Waals surface area contributed by atoms with E-state index < -0.39 is 11.7 Å². The molecule has 4 rings (SSSR count). The van der Waals surface area contributed by atoms with Gasteiger partial charge in [-0.25, -0.2) is 9.07 Å². The van der Waals surface area contributed by atoms with Crippen molar-refractivity contribution in [3.05, 3.63) is 40.5 Å². The van der Waals surface area contributed by atoms with Crippen molar-refractivity contribution in [3.8, 4) is 5.69 Å². The molecule has 8 heteroatoms. The van der Waals surface area contributed by atoms with Gasteiger partial charge in [0.15, 0.2) is 5.78 Å². The standard InChI is InChI=1S/C22H27FN4O3/c1-4-15-20-18(9-22(2,3)10-19(20)28)27(26-15)17-8-16(25-12-5-6-30-11-12)13(21(24)29)7-14(17)23/h7-8,12,25H,4-6,9-11H2,1-3H3,(H2,24,29). The molecule has 0 saturated carbocycles. The maximum Gasteiger partial charge on any atom is 0.250 e. The number of anilines is 1.